The number of fused-ring (bicyclic) bond motifs is 1. The van der Waals surface area contributed by atoms with Crippen molar-refractivity contribution in [1.82, 2.24) is 14.4 Å². The van der Waals surface area contributed by atoms with Crippen LogP contribution in [0.25, 0.3) is 10.9 Å². The molecular formula is C20H24ClN3O3. The Balaban J connectivity index is 1.55. The summed E-state index contributed by atoms with van der Waals surface area (Å²) in [7, 11) is 1.86. The number of rotatable bonds is 2. The van der Waals surface area contributed by atoms with Crippen LogP contribution in [0.3, 0.4) is 0 Å². The maximum absolute atomic E-state index is 13.2. The van der Waals surface area contributed by atoms with Crippen molar-refractivity contribution in [1.29, 1.82) is 0 Å². The Kier molecular flexibility index (Phi) is 5.10. The van der Waals surface area contributed by atoms with Crippen molar-refractivity contribution in [2.24, 2.45) is 13.0 Å². The lowest BCUT2D eigenvalue weighted by Gasteiger charge is -2.36. The summed E-state index contributed by atoms with van der Waals surface area (Å²) in [6.45, 7) is 3.56. The van der Waals surface area contributed by atoms with E-state index in [1.165, 1.54) is 0 Å². The molecule has 1 aromatic heterocycles. The molecule has 0 spiro atoms. The zero-order valence-electron chi connectivity index (χ0n) is 15.5. The number of nitrogens with zero attached hydrogens (tertiary/aromatic N) is 3. The summed E-state index contributed by atoms with van der Waals surface area (Å²) in [6, 6.07) is 7.74. The predicted octanol–water partition coefficient (Wildman–Crippen LogP) is 2.54. The van der Waals surface area contributed by atoms with E-state index < -0.39 is 0 Å². The normalized spacial score (nSPS) is 20.9. The molecule has 2 aromatic rings. The molecule has 2 aliphatic rings. The minimum atomic E-state index is -0.144. The van der Waals surface area contributed by atoms with Crippen LogP contribution in [-0.2, 0) is 16.6 Å². The van der Waals surface area contributed by atoms with Crippen LogP contribution in [0.2, 0.25) is 5.02 Å². The molecule has 2 saturated heterocycles. The number of likely N-dealkylation sites (tertiary alicyclic amines) is 1. The van der Waals surface area contributed by atoms with Gasteiger partial charge in [0.15, 0.2) is 0 Å². The first-order chi connectivity index (χ1) is 13.1. The number of carbonyl (C=O) groups is 2. The lowest BCUT2D eigenvalue weighted by Crippen LogP contribution is -2.49. The van der Waals surface area contributed by atoms with E-state index in [4.69, 9.17) is 16.3 Å². The molecule has 2 aliphatic heterocycles. The van der Waals surface area contributed by atoms with Gasteiger partial charge in [-0.05, 0) is 18.9 Å². The van der Waals surface area contributed by atoms with E-state index in [1.807, 2.05) is 40.8 Å². The molecule has 1 atom stereocenters. The molecule has 0 radical (unpaired) electrons. The minimum absolute atomic E-state index is 0.0989. The maximum Gasteiger partial charge on any atom is 0.272 e. The SMILES string of the molecule is Cn1c(C(=O)N2CCCC(C(=O)N3CCOCC3)C2)c(Cl)c2ccccc21. The van der Waals surface area contributed by atoms with Gasteiger partial charge in [-0.25, -0.2) is 0 Å². The Hall–Kier alpha value is -2.05. The fourth-order valence-electron chi connectivity index (χ4n) is 4.14. The summed E-state index contributed by atoms with van der Waals surface area (Å²) in [5.74, 6) is -0.105. The van der Waals surface area contributed by atoms with Gasteiger partial charge in [-0.2, -0.15) is 0 Å². The molecule has 0 N–H and O–H groups in total. The Morgan fingerprint density at radius 2 is 1.85 bits per heavy atom. The van der Waals surface area contributed by atoms with Gasteiger partial charge in [0.25, 0.3) is 5.91 Å². The highest BCUT2D eigenvalue weighted by molar-refractivity contribution is 6.38. The summed E-state index contributed by atoms with van der Waals surface area (Å²) in [5, 5.41) is 1.36. The molecule has 2 fully saturated rings. The molecule has 27 heavy (non-hydrogen) atoms. The molecule has 7 heteroatoms. The van der Waals surface area contributed by atoms with Crippen molar-refractivity contribution in [2.45, 2.75) is 12.8 Å². The number of morpholine rings is 1. The van der Waals surface area contributed by atoms with Gasteiger partial charge in [-0.1, -0.05) is 29.8 Å². The molecule has 3 heterocycles. The topological polar surface area (TPSA) is 54.8 Å². The van der Waals surface area contributed by atoms with E-state index in [0.717, 1.165) is 23.7 Å². The highest BCUT2D eigenvalue weighted by atomic mass is 35.5. The standard InChI is InChI=1S/C20H24ClN3O3/c1-22-16-7-3-2-6-15(16)17(21)18(22)20(26)24-8-4-5-14(13-24)19(25)23-9-11-27-12-10-23/h2-3,6-7,14H,4-5,8-13H2,1H3. The number of para-hydroxylation sites is 1. The third kappa shape index (κ3) is 3.32. The van der Waals surface area contributed by atoms with Crippen molar-refractivity contribution in [3.05, 3.63) is 35.0 Å². The highest BCUT2D eigenvalue weighted by Gasteiger charge is 2.33. The third-order valence-corrected chi connectivity index (χ3v) is 6.01. The van der Waals surface area contributed by atoms with Crippen LogP contribution in [0.1, 0.15) is 23.3 Å². The van der Waals surface area contributed by atoms with Crippen molar-refractivity contribution in [3.8, 4) is 0 Å². The summed E-state index contributed by atoms with van der Waals surface area (Å²) in [4.78, 5) is 29.7. The molecule has 0 saturated carbocycles. The van der Waals surface area contributed by atoms with Gasteiger partial charge in [0.2, 0.25) is 5.91 Å². The summed E-state index contributed by atoms with van der Waals surface area (Å²) in [6.07, 6.45) is 1.65. The summed E-state index contributed by atoms with van der Waals surface area (Å²) >= 11 is 6.54. The average Bonchev–Trinajstić information content (AvgIpc) is 2.98. The quantitative estimate of drug-likeness (QED) is 0.793. The highest BCUT2D eigenvalue weighted by Crippen LogP contribution is 2.31. The maximum atomic E-state index is 13.2. The number of amides is 2. The monoisotopic (exact) mass is 389 g/mol. The molecule has 1 aromatic carbocycles. The number of piperidine rings is 1. The molecule has 4 rings (SSSR count). The summed E-state index contributed by atoms with van der Waals surface area (Å²) in [5.41, 5.74) is 1.43. The summed E-state index contributed by atoms with van der Waals surface area (Å²) < 4.78 is 7.19. The van der Waals surface area contributed by atoms with Crippen molar-refractivity contribution >= 4 is 34.3 Å². The third-order valence-electron chi connectivity index (χ3n) is 5.63. The zero-order valence-corrected chi connectivity index (χ0v) is 16.2. The number of carbonyl (C=O) groups excluding carboxylic acids is 2. The van der Waals surface area contributed by atoms with Crippen LogP contribution in [0, 0.1) is 5.92 Å². The first kappa shape index (κ1) is 18.3. The molecule has 6 nitrogen and oxygen atoms in total. The number of aromatic nitrogens is 1. The van der Waals surface area contributed by atoms with Gasteiger partial charge in [-0.15, -0.1) is 0 Å². The van der Waals surface area contributed by atoms with E-state index in [2.05, 4.69) is 0 Å². The number of ether oxygens (including phenoxy) is 1. The van der Waals surface area contributed by atoms with Crippen LogP contribution in [0.4, 0.5) is 0 Å². The Morgan fingerprint density at radius 1 is 1.11 bits per heavy atom. The largest absolute Gasteiger partial charge is 0.378 e. The van der Waals surface area contributed by atoms with Gasteiger partial charge in [0.1, 0.15) is 5.69 Å². The minimum Gasteiger partial charge on any atom is -0.378 e. The number of halogens is 1. The van der Waals surface area contributed by atoms with Gasteiger partial charge in [0, 0.05) is 44.1 Å². The molecule has 0 aliphatic carbocycles. The molecule has 1 unspecified atom stereocenters. The predicted molar refractivity (Wildman–Crippen MR) is 104 cm³/mol. The molecule has 2 amide bonds. The lowest BCUT2D eigenvalue weighted by molar-refractivity contribution is -0.141. The van der Waals surface area contributed by atoms with Crippen LogP contribution >= 0.6 is 11.6 Å². The molecule has 144 valence electrons. The van der Waals surface area contributed by atoms with Crippen LogP contribution in [-0.4, -0.2) is 65.6 Å². The Labute approximate surface area is 163 Å². The first-order valence-electron chi connectivity index (χ1n) is 9.46. The van der Waals surface area contributed by atoms with Gasteiger partial charge >= 0.3 is 0 Å². The molecular weight excluding hydrogens is 366 g/mol. The fraction of sp³-hybridized carbons (Fsp3) is 0.500. The van der Waals surface area contributed by atoms with Crippen LogP contribution in [0.5, 0.6) is 0 Å². The van der Waals surface area contributed by atoms with Gasteiger partial charge in [-0.3, -0.25) is 9.59 Å². The number of hydrogen-bond acceptors (Lipinski definition) is 3. The first-order valence-corrected chi connectivity index (χ1v) is 9.84. The fourth-order valence-corrected chi connectivity index (χ4v) is 4.51. The van der Waals surface area contributed by atoms with Crippen molar-refractivity contribution < 1.29 is 14.3 Å². The zero-order chi connectivity index (χ0) is 19.0. The van der Waals surface area contributed by atoms with E-state index >= 15 is 0 Å². The second-order valence-electron chi connectivity index (χ2n) is 7.27. The number of benzene rings is 1. The second kappa shape index (κ2) is 7.52. The van der Waals surface area contributed by atoms with Crippen LogP contribution < -0.4 is 0 Å². The van der Waals surface area contributed by atoms with Crippen molar-refractivity contribution in [3.63, 3.8) is 0 Å². The van der Waals surface area contributed by atoms with E-state index in [0.29, 0.717) is 50.1 Å². The molecule has 0 bridgehead atoms. The lowest BCUT2D eigenvalue weighted by atomic mass is 9.96. The Bertz CT molecular complexity index is 834. The van der Waals surface area contributed by atoms with Gasteiger partial charge < -0.3 is 19.1 Å². The van der Waals surface area contributed by atoms with E-state index in [9.17, 15) is 9.59 Å². The number of aryl methyl sites for hydroxylation is 1. The van der Waals surface area contributed by atoms with Crippen LogP contribution in [0.15, 0.2) is 24.3 Å². The van der Waals surface area contributed by atoms with Crippen molar-refractivity contribution in [2.75, 3.05) is 39.4 Å². The van der Waals surface area contributed by atoms with E-state index in [1.54, 1.807) is 4.90 Å². The Morgan fingerprint density at radius 3 is 2.59 bits per heavy atom. The smallest absolute Gasteiger partial charge is 0.272 e. The average molecular weight is 390 g/mol. The van der Waals surface area contributed by atoms with E-state index in [-0.39, 0.29) is 17.7 Å². The number of hydrogen-bond donors (Lipinski definition) is 0. The second-order valence-corrected chi connectivity index (χ2v) is 7.64. The van der Waals surface area contributed by atoms with Gasteiger partial charge in [0.05, 0.1) is 24.2 Å².